The summed E-state index contributed by atoms with van der Waals surface area (Å²) in [5, 5.41) is 11.4. The molecule has 1 unspecified atom stereocenters. The molecule has 3 aliphatic rings. The van der Waals surface area contributed by atoms with Gasteiger partial charge < -0.3 is 19.7 Å². The first-order valence-corrected chi connectivity index (χ1v) is 9.79. The fraction of sp³-hybridized carbons (Fsp3) is 0.778. The maximum Gasteiger partial charge on any atom is 0.248 e. The highest BCUT2D eigenvalue weighted by Gasteiger charge is 2.42. The van der Waals surface area contributed by atoms with E-state index in [-0.39, 0.29) is 24.3 Å². The Morgan fingerprint density at radius 2 is 2.22 bits per heavy atom. The van der Waals surface area contributed by atoms with Crippen molar-refractivity contribution in [1.82, 2.24) is 25.2 Å². The Kier molecular flexibility index (Phi) is 5.14. The molecule has 1 aliphatic carbocycles. The van der Waals surface area contributed by atoms with Crippen LogP contribution in [0, 0.1) is 5.92 Å². The number of likely N-dealkylation sites (tertiary alicyclic amines) is 1. The molecule has 148 valence electrons. The molecule has 27 heavy (non-hydrogen) atoms. The predicted octanol–water partition coefficient (Wildman–Crippen LogP) is 0.232. The number of hydrogen-bond acceptors (Lipinski definition) is 6. The van der Waals surface area contributed by atoms with Gasteiger partial charge in [-0.3, -0.25) is 9.59 Å². The van der Waals surface area contributed by atoms with Gasteiger partial charge in [-0.1, -0.05) is 5.21 Å². The van der Waals surface area contributed by atoms with Gasteiger partial charge in [-0.2, -0.15) is 0 Å². The van der Waals surface area contributed by atoms with Crippen LogP contribution in [-0.4, -0.2) is 63.6 Å². The Hall–Kier alpha value is -2.00. The maximum atomic E-state index is 12.3. The summed E-state index contributed by atoms with van der Waals surface area (Å²) >= 11 is 0. The molecule has 2 aliphatic heterocycles. The average Bonchev–Trinajstić information content (AvgIpc) is 3.46. The van der Waals surface area contributed by atoms with Crippen molar-refractivity contribution in [2.24, 2.45) is 5.92 Å². The molecule has 9 heteroatoms. The van der Waals surface area contributed by atoms with Crippen LogP contribution in [0.25, 0.3) is 0 Å². The van der Waals surface area contributed by atoms with Crippen LogP contribution >= 0.6 is 0 Å². The predicted molar refractivity (Wildman–Crippen MR) is 94.4 cm³/mol. The summed E-state index contributed by atoms with van der Waals surface area (Å²) in [5.41, 5.74) is 1.25. The van der Waals surface area contributed by atoms with Gasteiger partial charge >= 0.3 is 0 Å². The molecule has 1 saturated carbocycles. The van der Waals surface area contributed by atoms with Crippen molar-refractivity contribution in [3.8, 4) is 0 Å². The van der Waals surface area contributed by atoms with E-state index >= 15 is 0 Å². The lowest BCUT2D eigenvalue weighted by Crippen LogP contribution is -2.56. The molecular weight excluding hydrogens is 350 g/mol. The third-order valence-electron chi connectivity index (χ3n) is 5.57. The molecule has 1 spiro atoms. The first-order chi connectivity index (χ1) is 13.1. The van der Waals surface area contributed by atoms with Crippen molar-refractivity contribution in [2.75, 3.05) is 26.3 Å². The normalized spacial score (nSPS) is 24.7. The standard InChI is InChI=1S/C18H27N5O4/c1-2-26-10-16(24)22-7-3-6-18(11-22)12-23-15(9-27-18)14(20-21-23)8-19-17(25)13-4-5-13/h13H,2-12H2,1H3,(H,19,25). The number of nitrogens with one attached hydrogen (secondary N) is 1. The van der Waals surface area contributed by atoms with E-state index in [9.17, 15) is 9.59 Å². The zero-order valence-electron chi connectivity index (χ0n) is 15.8. The van der Waals surface area contributed by atoms with Gasteiger partial charge in [0.25, 0.3) is 0 Å². The summed E-state index contributed by atoms with van der Waals surface area (Å²) in [5.74, 6) is 0.284. The second-order valence-corrected chi connectivity index (χ2v) is 7.66. The topological polar surface area (TPSA) is 98.6 Å². The maximum absolute atomic E-state index is 12.3. The lowest BCUT2D eigenvalue weighted by molar-refractivity contribution is -0.156. The number of carbonyl (C=O) groups is 2. The van der Waals surface area contributed by atoms with Gasteiger partial charge in [0.2, 0.25) is 11.8 Å². The van der Waals surface area contributed by atoms with E-state index in [2.05, 4.69) is 15.6 Å². The third-order valence-corrected chi connectivity index (χ3v) is 5.57. The Bertz CT molecular complexity index is 717. The fourth-order valence-electron chi connectivity index (χ4n) is 3.83. The Labute approximate surface area is 158 Å². The van der Waals surface area contributed by atoms with E-state index in [1.165, 1.54) is 0 Å². The molecule has 1 aromatic rings. The second kappa shape index (κ2) is 7.55. The number of ether oxygens (including phenoxy) is 2. The number of aromatic nitrogens is 3. The highest BCUT2D eigenvalue weighted by atomic mass is 16.5. The van der Waals surface area contributed by atoms with Gasteiger partial charge in [0.15, 0.2) is 0 Å². The molecule has 1 aromatic heterocycles. The van der Waals surface area contributed by atoms with Crippen molar-refractivity contribution >= 4 is 11.8 Å². The van der Waals surface area contributed by atoms with Gasteiger partial charge in [0.05, 0.1) is 31.9 Å². The summed E-state index contributed by atoms with van der Waals surface area (Å²) in [4.78, 5) is 26.0. The number of fused-ring (bicyclic) bond motifs is 1. The second-order valence-electron chi connectivity index (χ2n) is 7.66. The van der Waals surface area contributed by atoms with Gasteiger partial charge in [-0.25, -0.2) is 4.68 Å². The van der Waals surface area contributed by atoms with E-state index in [1.54, 1.807) is 0 Å². The molecule has 1 atom stereocenters. The van der Waals surface area contributed by atoms with Crippen LogP contribution in [0.3, 0.4) is 0 Å². The first kappa shape index (κ1) is 18.4. The van der Waals surface area contributed by atoms with Crippen molar-refractivity contribution in [2.45, 2.75) is 57.9 Å². The van der Waals surface area contributed by atoms with Crippen LogP contribution in [0.4, 0.5) is 0 Å². The molecule has 3 heterocycles. The Morgan fingerprint density at radius 3 is 3.00 bits per heavy atom. The lowest BCUT2D eigenvalue weighted by Gasteiger charge is -2.44. The smallest absolute Gasteiger partial charge is 0.248 e. The number of rotatable bonds is 6. The Balaban J connectivity index is 1.39. The summed E-state index contributed by atoms with van der Waals surface area (Å²) in [6, 6.07) is 0. The van der Waals surface area contributed by atoms with E-state index in [0.717, 1.165) is 43.6 Å². The number of hydrogen-bond donors (Lipinski definition) is 1. The first-order valence-electron chi connectivity index (χ1n) is 9.79. The Morgan fingerprint density at radius 1 is 1.37 bits per heavy atom. The van der Waals surface area contributed by atoms with Gasteiger partial charge in [-0.15, -0.1) is 5.10 Å². The largest absolute Gasteiger partial charge is 0.372 e. The van der Waals surface area contributed by atoms with Crippen molar-refractivity contribution < 1.29 is 19.1 Å². The fourth-order valence-corrected chi connectivity index (χ4v) is 3.83. The molecule has 9 nitrogen and oxygen atoms in total. The van der Waals surface area contributed by atoms with Crippen LogP contribution in [0.2, 0.25) is 0 Å². The van der Waals surface area contributed by atoms with Crippen LogP contribution in [-0.2, 0) is 38.8 Å². The minimum absolute atomic E-state index is 0.00684. The van der Waals surface area contributed by atoms with Crippen molar-refractivity contribution in [3.63, 3.8) is 0 Å². The zero-order chi connectivity index (χ0) is 18.9. The van der Waals surface area contributed by atoms with Crippen molar-refractivity contribution in [1.29, 1.82) is 0 Å². The molecule has 0 radical (unpaired) electrons. The summed E-state index contributed by atoms with van der Waals surface area (Å²) in [7, 11) is 0. The zero-order valence-corrected chi connectivity index (χ0v) is 15.8. The van der Waals surface area contributed by atoms with Crippen LogP contribution in [0.1, 0.15) is 44.0 Å². The molecule has 2 amide bonds. The van der Waals surface area contributed by atoms with Crippen LogP contribution in [0.15, 0.2) is 0 Å². The minimum atomic E-state index is -0.421. The molecule has 1 N–H and O–H groups in total. The van der Waals surface area contributed by atoms with E-state index in [1.807, 2.05) is 16.5 Å². The molecule has 0 aromatic carbocycles. The molecule has 1 saturated heterocycles. The third kappa shape index (κ3) is 3.98. The van der Waals surface area contributed by atoms with Crippen LogP contribution in [0.5, 0.6) is 0 Å². The van der Waals surface area contributed by atoms with Crippen molar-refractivity contribution in [3.05, 3.63) is 11.4 Å². The number of nitrogens with zero attached hydrogens (tertiary/aromatic N) is 4. The summed E-state index contributed by atoms with van der Waals surface area (Å²) in [6.45, 7) is 5.17. The van der Waals surface area contributed by atoms with Gasteiger partial charge in [-0.05, 0) is 32.6 Å². The monoisotopic (exact) mass is 377 g/mol. The lowest BCUT2D eigenvalue weighted by atomic mass is 9.91. The van der Waals surface area contributed by atoms with Gasteiger partial charge in [0.1, 0.15) is 17.9 Å². The quantitative estimate of drug-likeness (QED) is 0.762. The van der Waals surface area contributed by atoms with E-state index < -0.39 is 5.60 Å². The van der Waals surface area contributed by atoms with Crippen LogP contribution < -0.4 is 5.32 Å². The van der Waals surface area contributed by atoms with E-state index in [0.29, 0.717) is 32.8 Å². The highest BCUT2D eigenvalue weighted by Crippen LogP contribution is 2.33. The highest BCUT2D eigenvalue weighted by molar-refractivity contribution is 5.80. The van der Waals surface area contributed by atoms with E-state index in [4.69, 9.17) is 9.47 Å². The number of piperidine rings is 1. The molecule has 4 rings (SSSR count). The average molecular weight is 377 g/mol. The summed E-state index contributed by atoms with van der Waals surface area (Å²) in [6.07, 6.45) is 3.75. The number of amides is 2. The SMILES string of the molecule is CCOCC(=O)N1CCCC2(C1)Cn1nnc(CNC(=O)C3CC3)c1CO2. The van der Waals surface area contributed by atoms with Gasteiger partial charge in [0, 0.05) is 19.1 Å². The molecule has 0 bridgehead atoms. The minimum Gasteiger partial charge on any atom is -0.372 e. The number of carbonyl (C=O) groups excluding carboxylic acids is 2. The summed E-state index contributed by atoms with van der Waals surface area (Å²) < 4.78 is 13.4. The molecule has 2 fully saturated rings. The molecular formula is C18H27N5O4.